The monoisotopic (exact) mass is 451 g/mol. The molecule has 4 aromatic rings. The first-order valence-corrected chi connectivity index (χ1v) is 11.9. The van der Waals surface area contributed by atoms with Crippen molar-refractivity contribution in [3.05, 3.63) is 84.9 Å². The molecule has 0 aliphatic carbocycles. The van der Waals surface area contributed by atoms with Crippen LogP contribution < -0.4 is 10.9 Å². The van der Waals surface area contributed by atoms with Crippen molar-refractivity contribution >= 4 is 38.8 Å². The predicted molar refractivity (Wildman–Crippen MR) is 128 cm³/mol. The van der Waals surface area contributed by atoms with E-state index in [2.05, 4.69) is 48.4 Å². The quantitative estimate of drug-likeness (QED) is 0.444. The largest absolute Gasteiger partial charge is 0.340 e. The summed E-state index contributed by atoms with van der Waals surface area (Å²) in [5.74, 6) is 0.406. The SMILES string of the molecule is Cc1c(C(=O)NC(c2ccc(CC(C)C)cc2)c2cccs2)sc2ncn(C)c(=O)c12. The van der Waals surface area contributed by atoms with Crippen molar-refractivity contribution in [3.63, 3.8) is 0 Å². The van der Waals surface area contributed by atoms with Gasteiger partial charge in [0.05, 0.1) is 22.6 Å². The second-order valence-corrected chi connectivity index (χ2v) is 10.1. The highest BCUT2D eigenvalue weighted by Crippen LogP contribution is 2.30. The lowest BCUT2D eigenvalue weighted by atomic mass is 9.98. The summed E-state index contributed by atoms with van der Waals surface area (Å²) in [6, 6.07) is 12.2. The lowest BCUT2D eigenvalue weighted by molar-refractivity contribution is 0.0947. The van der Waals surface area contributed by atoms with Crippen molar-refractivity contribution in [2.75, 3.05) is 0 Å². The molecule has 0 aliphatic rings. The number of hydrogen-bond acceptors (Lipinski definition) is 5. The van der Waals surface area contributed by atoms with E-state index in [1.165, 1.54) is 27.8 Å². The summed E-state index contributed by atoms with van der Waals surface area (Å²) in [4.78, 5) is 32.3. The van der Waals surface area contributed by atoms with Crippen molar-refractivity contribution in [1.29, 1.82) is 0 Å². The molecule has 0 radical (unpaired) electrons. The molecular formula is C24H25N3O2S2. The number of nitrogens with one attached hydrogen (secondary N) is 1. The number of amides is 1. The molecule has 0 saturated heterocycles. The van der Waals surface area contributed by atoms with Gasteiger partial charge in [0, 0.05) is 11.9 Å². The number of hydrogen-bond donors (Lipinski definition) is 1. The van der Waals surface area contributed by atoms with Crippen LogP contribution in [0.25, 0.3) is 10.2 Å². The summed E-state index contributed by atoms with van der Waals surface area (Å²) in [5.41, 5.74) is 2.88. The molecule has 1 N–H and O–H groups in total. The lowest BCUT2D eigenvalue weighted by Gasteiger charge is -2.18. The maximum absolute atomic E-state index is 13.3. The van der Waals surface area contributed by atoms with Crippen molar-refractivity contribution in [2.45, 2.75) is 33.2 Å². The third-order valence-electron chi connectivity index (χ3n) is 5.28. The Kier molecular flexibility index (Phi) is 6.07. The Morgan fingerprint density at radius 1 is 1.19 bits per heavy atom. The summed E-state index contributed by atoms with van der Waals surface area (Å²) in [5, 5.41) is 5.73. The molecule has 7 heteroatoms. The number of aromatic nitrogens is 2. The number of carbonyl (C=O) groups excluding carboxylic acids is 1. The normalized spacial score (nSPS) is 12.4. The Bertz CT molecular complexity index is 1270. The van der Waals surface area contributed by atoms with E-state index in [0.717, 1.165) is 16.9 Å². The van der Waals surface area contributed by atoms with E-state index in [4.69, 9.17) is 0 Å². The minimum Gasteiger partial charge on any atom is -0.340 e. The number of thiophene rings is 2. The molecule has 4 rings (SSSR count). The zero-order valence-corrected chi connectivity index (χ0v) is 19.6. The van der Waals surface area contributed by atoms with Gasteiger partial charge in [0.2, 0.25) is 0 Å². The van der Waals surface area contributed by atoms with Gasteiger partial charge < -0.3 is 9.88 Å². The van der Waals surface area contributed by atoms with E-state index < -0.39 is 0 Å². The minimum absolute atomic E-state index is 0.131. The molecule has 1 unspecified atom stereocenters. The lowest BCUT2D eigenvalue weighted by Crippen LogP contribution is -2.28. The van der Waals surface area contributed by atoms with Crippen molar-refractivity contribution in [3.8, 4) is 0 Å². The van der Waals surface area contributed by atoms with E-state index >= 15 is 0 Å². The summed E-state index contributed by atoms with van der Waals surface area (Å²) < 4.78 is 1.44. The summed E-state index contributed by atoms with van der Waals surface area (Å²) in [7, 11) is 1.67. The van der Waals surface area contributed by atoms with Gasteiger partial charge in [0.25, 0.3) is 11.5 Å². The summed E-state index contributed by atoms with van der Waals surface area (Å²) in [6.07, 6.45) is 2.52. The molecule has 0 saturated carbocycles. The van der Waals surface area contributed by atoms with Gasteiger partial charge in [0.1, 0.15) is 4.83 Å². The first-order valence-electron chi connectivity index (χ1n) is 10.2. The Morgan fingerprint density at radius 2 is 1.94 bits per heavy atom. The summed E-state index contributed by atoms with van der Waals surface area (Å²) in [6.45, 7) is 6.23. The van der Waals surface area contributed by atoms with E-state index in [1.54, 1.807) is 18.4 Å². The second kappa shape index (κ2) is 8.77. The number of nitrogens with zero attached hydrogens (tertiary/aromatic N) is 2. The topological polar surface area (TPSA) is 64.0 Å². The van der Waals surface area contributed by atoms with Crippen LogP contribution in [-0.4, -0.2) is 15.5 Å². The molecule has 1 aromatic carbocycles. The van der Waals surface area contributed by atoms with Crippen LogP contribution in [0.4, 0.5) is 0 Å². The fourth-order valence-corrected chi connectivity index (χ4v) is 5.56. The number of rotatable bonds is 6. The van der Waals surface area contributed by atoms with E-state index in [1.807, 2.05) is 24.4 Å². The molecule has 1 atom stereocenters. The Labute approximate surface area is 189 Å². The van der Waals surface area contributed by atoms with Crippen LogP contribution in [0.15, 0.2) is 52.9 Å². The molecule has 0 aliphatic heterocycles. The van der Waals surface area contributed by atoms with Gasteiger partial charge in [-0.25, -0.2) is 4.98 Å². The molecule has 1 amide bonds. The van der Waals surface area contributed by atoms with Gasteiger partial charge in [0.15, 0.2) is 0 Å². The fourth-order valence-electron chi connectivity index (χ4n) is 3.71. The fraction of sp³-hybridized carbons (Fsp3) is 0.292. The predicted octanol–water partition coefficient (Wildman–Crippen LogP) is 5.08. The van der Waals surface area contributed by atoms with Gasteiger partial charge >= 0.3 is 0 Å². The average Bonchev–Trinajstić information content (AvgIpc) is 3.38. The molecule has 160 valence electrons. The maximum atomic E-state index is 13.3. The van der Waals surface area contributed by atoms with Gasteiger partial charge in [-0.15, -0.1) is 22.7 Å². The third kappa shape index (κ3) is 4.34. The van der Waals surface area contributed by atoms with Crippen LogP contribution in [0, 0.1) is 12.8 Å². The van der Waals surface area contributed by atoms with Crippen LogP contribution in [0.2, 0.25) is 0 Å². The molecule has 0 fully saturated rings. The smallest absolute Gasteiger partial charge is 0.262 e. The number of carbonyl (C=O) groups is 1. The highest BCUT2D eigenvalue weighted by Gasteiger charge is 2.23. The molecule has 0 bridgehead atoms. The van der Waals surface area contributed by atoms with E-state index in [9.17, 15) is 9.59 Å². The number of fused-ring (bicyclic) bond motifs is 1. The molecule has 0 spiro atoms. The van der Waals surface area contributed by atoms with Crippen LogP contribution in [0.3, 0.4) is 0 Å². The summed E-state index contributed by atoms with van der Waals surface area (Å²) >= 11 is 2.88. The minimum atomic E-state index is -0.249. The molecule has 3 aromatic heterocycles. The van der Waals surface area contributed by atoms with Crippen LogP contribution >= 0.6 is 22.7 Å². The van der Waals surface area contributed by atoms with Gasteiger partial charge in [-0.05, 0) is 47.4 Å². The number of benzene rings is 1. The zero-order valence-electron chi connectivity index (χ0n) is 18.0. The van der Waals surface area contributed by atoms with Crippen molar-refractivity contribution in [1.82, 2.24) is 14.9 Å². The molecule has 5 nitrogen and oxygen atoms in total. The average molecular weight is 452 g/mol. The van der Waals surface area contributed by atoms with Gasteiger partial charge in [-0.3, -0.25) is 9.59 Å². The maximum Gasteiger partial charge on any atom is 0.262 e. The Balaban J connectivity index is 1.68. The van der Waals surface area contributed by atoms with Crippen molar-refractivity contribution in [2.24, 2.45) is 13.0 Å². The van der Waals surface area contributed by atoms with E-state index in [-0.39, 0.29) is 17.5 Å². The highest BCUT2D eigenvalue weighted by molar-refractivity contribution is 7.20. The highest BCUT2D eigenvalue weighted by atomic mass is 32.1. The second-order valence-electron chi connectivity index (χ2n) is 8.16. The number of aryl methyl sites for hydroxylation is 2. The third-order valence-corrected chi connectivity index (χ3v) is 7.41. The first-order chi connectivity index (χ1) is 14.8. The molecular weight excluding hydrogens is 426 g/mol. The van der Waals surface area contributed by atoms with Crippen LogP contribution in [0.5, 0.6) is 0 Å². The van der Waals surface area contributed by atoms with E-state index in [0.29, 0.717) is 26.6 Å². The van der Waals surface area contributed by atoms with Gasteiger partial charge in [-0.2, -0.15) is 0 Å². The van der Waals surface area contributed by atoms with Gasteiger partial charge in [-0.1, -0.05) is 44.2 Å². The first kappa shape index (κ1) is 21.5. The Hall–Kier alpha value is -2.77. The zero-order chi connectivity index (χ0) is 22.1. The molecule has 31 heavy (non-hydrogen) atoms. The van der Waals surface area contributed by atoms with Crippen LogP contribution in [-0.2, 0) is 13.5 Å². The van der Waals surface area contributed by atoms with Crippen LogP contribution in [0.1, 0.15) is 51.1 Å². The standard InChI is InChI=1S/C24H25N3O2S2/c1-14(2)12-16-7-9-17(10-8-16)20(18-6-5-11-30-18)26-22(28)21-15(3)19-23(31-21)25-13-27(4)24(19)29/h5-11,13-14,20H,12H2,1-4H3,(H,26,28). The molecule has 3 heterocycles. The van der Waals surface area contributed by atoms with Crippen molar-refractivity contribution < 1.29 is 4.79 Å². The Morgan fingerprint density at radius 3 is 2.58 bits per heavy atom.